The van der Waals surface area contributed by atoms with Gasteiger partial charge in [-0.1, -0.05) is 6.92 Å². The molecule has 0 aliphatic carbocycles. The van der Waals surface area contributed by atoms with Gasteiger partial charge in [0.1, 0.15) is 0 Å². The first-order chi connectivity index (χ1) is 9.05. The Labute approximate surface area is 115 Å². The van der Waals surface area contributed by atoms with E-state index in [1.54, 1.807) is 0 Å². The number of sulfone groups is 1. The van der Waals surface area contributed by atoms with Crippen LogP contribution in [0.4, 0.5) is 0 Å². The van der Waals surface area contributed by atoms with E-state index in [-0.39, 0.29) is 12.0 Å². The molecule has 0 saturated carbocycles. The highest BCUT2D eigenvalue weighted by Gasteiger charge is 2.30. The molecule has 6 heteroatoms. The summed E-state index contributed by atoms with van der Waals surface area (Å²) in [6, 6.07) is 2.23. The van der Waals surface area contributed by atoms with E-state index in [1.165, 1.54) is 0 Å². The van der Waals surface area contributed by atoms with Crippen LogP contribution in [0.5, 0.6) is 0 Å². The van der Waals surface area contributed by atoms with Gasteiger partial charge in [-0.2, -0.15) is 5.10 Å². The van der Waals surface area contributed by atoms with Crippen molar-refractivity contribution in [3.05, 3.63) is 18.0 Å². The normalized spacial score (nSPS) is 23.6. The Kier molecular flexibility index (Phi) is 4.62. The summed E-state index contributed by atoms with van der Waals surface area (Å²) >= 11 is 0. The lowest BCUT2D eigenvalue weighted by molar-refractivity contribution is 0.398. The van der Waals surface area contributed by atoms with Gasteiger partial charge in [-0.05, 0) is 38.3 Å². The van der Waals surface area contributed by atoms with E-state index in [0.717, 1.165) is 31.6 Å². The quantitative estimate of drug-likeness (QED) is 0.857. The number of rotatable bonds is 6. The monoisotopic (exact) mass is 285 g/mol. The highest BCUT2D eigenvalue weighted by Crippen LogP contribution is 2.28. The van der Waals surface area contributed by atoms with Crippen LogP contribution in [0.3, 0.4) is 0 Å². The van der Waals surface area contributed by atoms with Crippen LogP contribution in [0.15, 0.2) is 12.3 Å². The third-order valence-corrected chi connectivity index (χ3v) is 5.59. The van der Waals surface area contributed by atoms with E-state index in [2.05, 4.69) is 24.3 Å². The lowest BCUT2D eigenvalue weighted by atomic mass is 9.97. The van der Waals surface area contributed by atoms with E-state index in [9.17, 15) is 8.42 Å². The van der Waals surface area contributed by atoms with Gasteiger partial charge in [0.25, 0.3) is 0 Å². The van der Waals surface area contributed by atoms with Crippen LogP contribution in [0.25, 0.3) is 0 Å². The van der Waals surface area contributed by atoms with Crippen molar-refractivity contribution < 1.29 is 8.42 Å². The molecular weight excluding hydrogens is 262 g/mol. The Morgan fingerprint density at radius 1 is 1.53 bits per heavy atom. The largest absolute Gasteiger partial charge is 0.309 e. The maximum absolute atomic E-state index is 11.6. The molecule has 19 heavy (non-hydrogen) atoms. The Bertz CT molecular complexity index is 510. The average molecular weight is 285 g/mol. The van der Waals surface area contributed by atoms with E-state index in [0.29, 0.717) is 11.5 Å². The van der Waals surface area contributed by atoms with Crippen LogP contribution < -0.4 is 5.32 Å². The minimum atomic E-state index is -2.79. The van der Waals surface area contributed by atoms with Crippen molar-refractivity contribution in [3.8, 4) is 0 Å². The van der Waals surface area contributed by atoms with Crippen LogP contribution in [-0.2, 0) is 16.4 Å². The summed E-state index contributed by atoms with van der Waals surface area (Å²) < 4.78 is 25.1. The lowest BCUT2D eigenvalue weighted by Crippen LogP contribution is -2.26. The maximum Gasteiger partial charge on any atom is 0.150 e. The number of nitrogens with one attached hydrogen (secondary N) is 1. The fraction of sp³-hybridized carbons (Fsp3) is 0.769. The lowest BCUT2D eigenvalue weighted by Gasteiger charge is -2.21. The second-order valence-corrected chi connectivity index (χ2v) is 7.42. The molecule has 1 aromatic heterocycles. The average Bonchev–Trinajstić information content (AvgIpc) is 2.94. The molecule has 2 unspecified atom stereocenters. The topological polar surface area (TPSA) is 64.0 Å². The standard InChI is InChI=1S/C13H23N3O2S/c1-3-14-12(13-5-7-15-16(13)4-2)9-11-6-8-19(17,18)10-11/h5,7,11-12,14H,3-4,6,8-10H2,1-2H3. The van der Waals surface area contributed by atoms with Gasteiger partial charge in [-0.3, -0.25) is 4.68 Å². The highest BCUT2D eigenvalue weighted by molar-refractivity contribution is 7.91. The molecule has 1 fully saturated rings. The molecule has 5 nitrogen and oxygen atoms in total. The number of hydrogen-bond donors (Lipinski definition) is 1. The first kappa shape index (κ1) is 14.5. The summed E-state index contributed by atoms with van der Waals surface area (Å²) in [4.78, 5) is 0. The summed E-state index contributed by atoms with van der Waals surface area (Å²) in [5.74, 6) is 0.966. The van der Waals surface area contributed by atoms with Gasteiger partial charge in [-0.25, -0.2) is 8.42 Å². The first-order valence-electron chi connectivity index (χ1n) is 7.01. The molecule has 0 aromatic carbocycles. The highest BCUT2D eigenvalue weighted by atomic mass is 32.2. The summed E-state index contributed by atoms with van der Waals surface area (Å²) in [7, 11) is -2.79. The van der Waals surface area contributed by atoms with Gasteiger partial charge in [0, 0.05) is 18.8 Å². The summed E-state index contributed by atoms with van der Waals surface area (Å²) in [6.07, 6.45) is 3.48. The maximum atomic E-state index is 11.6. The Balaban J connectivity index is 2.09. The number of hydrogen-bond acceptors (Lipinski definition) is 4. The van der Waals surface area contributed by atoms with E-state index >= 15 is 0 Å². The molecule has 0 amide bonds. The van der Waals surface area contributed by atoms with Crippen LogP contribution in [-0.4, -0.2) is 36.2 Å². The zero-order valence-electron chi connectivity index (χ0n) is 11.7. The number of aromatic nitrogens is 2. The Morgan fingerprint density at radius 2 is 2.32 bits per heavy atom. The molecule has 2 heterocycles. The van der Waals surface area contributed by atoms with Crippen LogP contribution in [0.2, 0.25) is 0 Å². The molecule has 1 N–H and O–H groups in total. The second-order valence-electron chi connectivity index (χ2n) is 5.19. The summed E-state index contributed by atoms with van der Waals surface area (Å²) in [6.45, 7) is 5.86. The Morgan fingerprint density at radius 3 is 2.89 bits per heavy atom. The third-order valence-electron chi connectivity index (χ3n) is 3.75. The van der Waals surface area contributed by atoms with Gasteiger partial charge in [-0.15, -0.1) is 0 Å². The first-order valence-corrected chi connectivity index (χ1v) is 8.83. The predicted octanol–water partition coefficient (Wildman–Crippen LogP) is 1.38. The smallest absolute Gasteiger partial charge is 0.150 e. The Hall–Kier alpha value is -0.880. The summed E-state index contributed by atoms with van der Waals surface area (Å²) in [5.41, 5.74) is 1.16. The molecule has 0 radical (unpaired) electrons. The van der Waals surface area contributed by atoms with Gasteiger partial charge in [0.2, 0.25) is 0 Å². The van der Waals surface area contributed by atoms with Crippen molar-refractivity contribution >= 4 is 9.84 Å². The number of aryl methyl sites for hydroxylation is 1. The molecule has 1 aliphatic rings. The van der Waals surface area contributed by atoms with Gasteiger partial charge >= 0.3 is 0 Å². The molecule has 0 spiro atoms. The molecular formula is C13H23N3O2S. The molecule has 0 bridgehead atoms. The third kappa shape index (κ3) is 3.57. The molecule has 1 aliphatic heterocycles. The summed E-state index contributed by atoms with van der Waals surface area (Å²) in [5, 5.41) is 7.76. The second kappa shape index (κ2) is 6.05. The predicted molar refractivity (Wildman–Crippen MR) is 75.7 cm³/mol. The molecule has 2 atom stereocenters. The fourth-order valence-electron chi connectivity index (χ4n) is 2.85. The molecule has 108 valence electrons. The van der Waals surface area contributed by atoms with E-state index < -0.39 is 9.84 Å². The molecule has 1 saturated heterocycles. The van der Waals surface area contributed by atoms with Crippen molar-refractivity contribution in [2.24, 2.45) is 5.92 Å². The van der Waals surface area contributed by atoms with Crippen molar-refractivity contribution in [2.45, 2.75) is 39.3 Å². The fourth-order valence-corrected chi connectivity index (χ4v) is 4.73. The minimum Gasteiger partial charge on any atom is -0.309 e. The van der Waals surface area contributed by atoms with Crippen molar-refractivity contribution in [1.82, 2.24) is 15.1 Å². The van der Waals surface area contributed by atoms with Crippen molar-refractivity contribution in [3.63, 3.8) is 0 Å². The van der Waals surface area contributed by atoms with Gasteiger partial charge in [0.05, 0.1) is 17.2 Å². The van der Waals surface area contributed by atoms with Crippen LogP contribution in [0, 0.1) is 5.92 Å². The minimum absolute atomic E-state index is 0.200. The molecule has 2 rings (SSSR count). The zero-order chi connectivity index (χ0) is 13.9. The van der Waals surface area contributed by atoms with E-state index in [1.807, 2.05) is 16.9 Å². The van der Waals surface area contributed by atoms with Gasteiger partial charge < -0.3 is 5.32 Å². The van der Waals surface area contributed by atoms with Crippen LogP contribution in [0.1, 0.15) is 38.4 Å². The van der Waals surface area contributed by atoms with Crippen LogP contribution >= 0.6 is 0 Å². The van der Waals surface area contributed by atoms with Crippen molar-refractivity contribution in [2.75, 3.05) is 18.1 Å². The zero-order valence-corrected chi connectivity index (χ0v) is 12.5. The van der Waals surface area contributed by atoms with Gasteiger partial charge in [0.15, 0.2) is 9.84 Å². The van der Waals surface area contributed by atoms with E-state index in [4.69, 9.17) is 0 Å². The van der Waals surface area contributed by atoms with Crippen molar-refractivity contribution in [1.29, 1.82) is 0 Å². The molecule has 1 aromatic rings. The number of nitrogens with zero attached hydrogens (tertiary/aromatic N) is 2. The SMILES string of the molecule is CCNC(CC1CCS(=O)(=O)C1)c1ccnn1CC.